The van der Waals surface area contributed by atoms with Crippen molar-refractivity contribution in [3.8, 4) is 0 Å². The van der Waals surface area contributed by atoms with Crippen LogP contribution in [0.15, 0.2) is 0 Å². The molecule has 0 bridgehead atoms. The number of unbranched alkanes of at least 4 members (excludes halogenated alkanes) is 2. The van der Waals surface area contributed by atoms with Crippen LogP contribution in [0, 0.1) is 52.3 Å². The van der Waals surface area contributed by atoms with Crippen molar-refractivity contribution in [3.63, 3.8) is 0 Å². The zero-order chi connectivity index (χ0) is 24.3. The molecule has 0 aliphatic heterocycles. The Morgan fingerprint density at radius 1 is 0.794 bits per heavy atom. The monoisotopic (exact) mass is 473 g/mol. The molecule has 4 fully saturated rings. The standard InChI is InChI=1S/C32H59NO/c1-23(2)10-9-11-24(3)28-14-15-29-27-13-12-25-22-26(33-20-7-6-8-21-34)16-18-31(25,4)30(27)17-19-32(28,29)5/h23-30,33-34H,6-22H2,1-5H3/t24-,25+,26+,27+,28-,29+,30+,31+,32-/m1/s1. The molecule has 34 heavy (non-hydrogen) atoms. The first-order valence-corrected chi connectivity index (χ1v) is 15.6. The van der Waals surface area contributed by atoms with Crippen molar-refractivity contribution in [2.24, 2.45) is 52.3 Å². The Morgan fingerprint density at radius 2 is 1.56 bits per heavy atom. The molecule has 0 saturated heterocycles. The van der Waals surface area contributed by atoms with E-state index in [4.69, 9.17) is 5.11 Å². The number of hydrogen-bond acceptors (Lipinski definition) is 2. The fourth-order valence-corrected chi connectivity index (χ4v) is 10.2. The number of aliphatic hydroxyl groups excluding tert-OH is 1. The van der Waals surface area contributed by atoms with Crippen LogP contribution in [0.1, 0.15) is 131 Å². The molecule has 0 heterocycles. The summed E-state index contributed by atoms with van der Waals surface area (Å²) >= 11 is 0. The lowest BCUT2D eigenvalue weighted by molar-refractivity contribution is -0.118. The zero-order valence-corrected chi connectivity index (χ0v) is 23.6. The Bertz CT molecular complexity index is 633. The summed E-state index contributed by atoms with van der Waals surface area (Å²) in [7, 11) is 0. The second kappa shape index (κ2) is 11.5. The van der Waals surface area contributed by atoms with E-state index in [1.54, 1.807) is 0 Å². The highest BCUT2D eigenvalue weighted by Gasteiger charge is 2.60. The van der Waals surface area contributed by atoms with Crippen LogP contribution in [0.25, 0.3) is 0 Å². The summed E-state index contributed by atoms with van der Waals surface area (Å²) in [5.41, 5.74) is 1.25. The lowest BCUT2D eigenvalue weighted by Crippen LogP contribution is -2.55. The van der Waals surface area contributed by atoms with E-state index >= 15 is 0 Å². The Labute approximate surface area is 212 Å². The highest BCUT2D eigenvalue weighted by molar-refractivity contribution is 5.10. The van der Waals surface area contributed by atoms with Gasteiger partial charge in [0, 0.05) is 12.6 Å². The second-order valence-electron chi connectivity index (χ2n) is 14.4. The van der Waals surface area contributed by atoms with Crippen molar-refractivity contribution in [2.45, 2.75) is 137 Å². The van der Waals surface area contributed by atoms with Gasteiger partial charge in [-0.05, 0) is 136 Å². The molecule has 0 radical (unpaired) electrons. The molecule has 4 aliphatic carbocycles. The maximum absolute atomic E-state index is 9.01. The SMILES string of the molecule is CC(C)CCC[C@@H](C)[C@H]1CC[C@H]2[C@@H]3CC[C@H]4C[C@@H](NCCCCCO)CC[C@]4(C)[C@H]3CC[C@]12C. The molecule has 0 unspecified atom stereocenters. The topological polar surface area (TPSA) is 32.3 Å². The quantitative estimate of drug-likeness (QED) is 0.296. The first kappa shape index (κ1) is 27.0. The maximum Gasteiger partial charge on any atom is 0.0431 e. The third-order valence-corrected chi connectivity index (χ3v) is 12.1. The predicted octanol–water partition coefficient (Wildman–Crippen LogP) is 8.23. The highest BCUT2D eigenvalue weighted by atomic mass is 16.2. The number of nitrogens with one attached hydrogen (secondary N) is 1. The molecule has 4 aliphatic rings. The molecule has 0 aromatic rings. The van der Waals surface area contributed by atoms with E-state index in [1.807, 2.05) is 0 Å². The van der Waals surface area contributed by atoms with Crippen molar-refractivity contribution in [1.29, 1.82) is 0 Å². The van der Waals surface area contributed by atoms with Crippen LogP contribution < -0.4 is 5.32 Å². The number of fused-ring (bicyclic) bond motifs is 5. The molecule has 0 aromatic carbocycles. The van der Waals surface area contributed by atoms with Crippen molar-refractivity contribution in [2.75, 3.05) is 13.2 Å². The van der Waals surface area contributed by atoms with Crippen LogP contribution in [0.5, 0.6) is 0 Å². The minimum Gasteiger partial charge on any atom is -0.396 e. The third kappa shape index (κ3) is 5.44. The van der Waals surface area contributed by atoms with E-state index in [9.17, 15) is 0 Å². The van der Waals surface area contributed by atoms with E-state index in [0.717, 1.165) is 60.4 Å². The fourth-order valence-electron chi connectivity index (χ4n) is 10.2. The van der Waals surface area contributed by atoms with Gasteiger partial charge in [0.25, 0.3) is 0 Å². The van der Waals surface area contributed by atoms with Gasteiger partial charge < -0.3 is 10.4 Å². The van der Waals surface area contributed by atoms with Crippen molar-refractivity contribution < 1.29 is 5.11 Å². The van der Waals surface area contributed by atoms with Gasteiger partial charge in [0.15, 0.2) is 0 Å². The molecule has 4 rings (SSSR count). The molecular formula is C32H59NO. The van der Waals surface area contributed by atoms with Gasteiger partial charge in [-0.2, -0.15) is 0 Å². The largest absolute Gasteiger partial charge is 0.396 e. The molecule has 198 valence electrons. The van der Waals surface area contributed by atoms with E-state index < -0.39 is 0 Å². The third-order valence-electron chi connectivity index (χ3n) is 12.1. The number of aliphatic hydroxyl groups is 1. The summed E-state index contributed by atoms with van der Waals surface area (Å²) in [4.78, 5) is 0. The average molecular weight is 474 g/mol. The summed E-state index contributed by atoms with van der Waals surface area (Å²) in [5.74, 6) is 6.78. The second-order valence-corrected chi connectivity index (χ2v) is 14.4. The molecule has 9 atom stereocenters. The molecule has 2 nitrogen and oxygen atoms in total. The summed E-state index contributed by atoms with van der Waals surface area (Å²) in [6, 6.07) is 0.750. The van der Waals surface area contributed by atoms with Gasteiger partial charge in [0.1, 0.15) is 0 Å². The molecule has 4 saturated carbocycles. The van der Waals surface area contributed by atoms with E-state index in [1.165, 1.54) is 89.9 Å². The van der Waals surface area contributed by atoms with Gasteiger partial charge in [-0.25, -0.2) is 0 Å². The van der Waals surface area contributed by atoms with Crippen LogP contribution in [0.4, 0.5) is 0 Å². The van der Waals surface area contributed by atoms with Gasteiger partial charge in [0.05, 0.1) is 0 Å². The highest BCUT2D eigenvalue weighted by Crippen LogP contribution is 2.68. The van der Waals surface area contributed by atoms with Gasteiger partial charge in [-0.3, -0.25) is 0 Å². The minimum absolute atomic E-state index is 0.351. The molecule has 2 N–H and O–H groups in total. The number of hydrogen-bond donors (Lipinski definition) is 2. The Hall–Kier alpha value is -0.0800. The first-order valence-electron chi connectivity index (χ1n) is 15.6. The van der Waals surface area contributed by atoms with Crippen molar-refractivity contribution in [1.82, 2.24) is 5.32 Å². The van der Waals surface area contributed by atoms with Gasteiger partial charge in [0.2, 0.25) is 0 Å². The minimum atomic E-state index is 0.351. The normalized spacial score (nSPS) is 42.8. The first-order chi connectivity index (χ1) is 16.3. The molecule has 2 heteroatoms. The van der Waals surface area contributed by atoms with Crippen LogP contribution in [0.2, 0.25) is 0 Å². The Balaban J connectivity index is 1.34. The van der Waals surface area contributed by atoms with Crippen LogP contribution >= 0.6 is 0 Å². The summed E-state index contributed by atoms with van der Waals surface area (Å²) < 4.78 is 0. The van der Waals surface area contributed by atoms with Crippen LogP contribution in [-0.4, -0.2) is 24.3 Å². The molecule has 0 spiro atoms. The lowest BCUT2D eigenvalue weighted by Gasteiger charge is -2.61. The van der Waals surface area contributed by atoms with Crippen LogP contribution in [0.3, 0.4) is 0 Å². The van der Waals surface area contributed by atoms with Crippen molar-refractivity contribution >= 4 is 0 Å². The zero-order valence-electron chi connectivity index (χ0n) is 23.6. The Morgan fingerprint density at radius 3 is 2.32 bits per heavy atom. The Kier molecular flexibility index (Phi) is 9.15. The van der Waals surface area contributed by atoms with Gasteiger partial charge in [-0.15, -0.1) is 0 Å². The van der Waals surface area contributed by atoms with Crippen molar-refractivity contribution in [3.05, 3.63) is 0 Å². The molecule has 0 aromatic heterocycles. The average Bonchev–Trinajstić information content (AvgIpc) is 3.16. The van der Waals surface area contributed by atoms with E-state index in [0.29, 0.717) is 17.4 Å². The molecule has 0 amide bonds. The summed E-state index contributed by atoms with van der Waals surface area (Å²) in [6.07, 6.45) is 21.1. The fraction of sp³-hybridized carbons (Fsp3) is 1.00. The maximum atomic E-state index is 9.01. The van der Waals surface area contributed by atoms with Crippen LogP contribution in [-0.2, 0) is 0 Å². The predicted molar refractivity (Wildman–Crippen MR) is 146 cm³/mol. The number of rotatable bonds is 11. The lowest BCUT2D eigenvalue weighted by atomic mass is 9.44. The summed E-state index contributed by atoms with van der Waals surface area (Å²) in [6.45, 7) is 14.4. The van der Waals surface area contributed by atoms with Gasteiger partial charge in [-0.1, -0.05) is 53.9 Å². The van der Waals surface area contributed by atoms with E-state index in [2.05, 4.69) is 39.9 Å². The summed E-state index contributed by atoms with van der Waals surface area (Å²) in [5, 5.41) is 12.9. The van der Waals surface area contributed by atoms with E-state index in [-0.39, 0.29) is 0 Å². The smallest absolute Gasteiger partial charge is 0.0431 e. The molecular weight excluding hydrogens is 414 g/mol. The van der Waals surface area contributed by atoms with Gasteiger partial charge >= 0.3 is 0 Å².